The number of aryl methyl sites for hydroxylation is 2. The van der Waals surface area contributed by atoms with Gasteiger partial charge in [-0.05, 0) is 50.5 Å². The van der Waals surface area contributed by atoms with Gasteiger partial charge in [0.05, 0.1) is 17.2 Å². The van der Waals surface area contributed by atoms with Crippen molar-refractivity contribution in [3.63, 3.8) is 0 Å². The minimum absolute atomic E-state index is 0.00359. The summed E-state index contributed by atoms with van der Waals surface area (Å²) in [5.41, 5.74) is 6.71. The predicted octanol–water partition coefficient (Wildman–Crippen LogP) is 0.741. The third-order valence-electron chi connectivity index (χ3n) is 3.80. The van der Waals surface area contributed by atoms with Crippen molar-refractivity contribution in [3.8, 4) is 0 Å². The van der Waals surface area contributed by atoms with Gasteiger partial charge >= 0.3 is 0 Å². The Morgan fingerprint density at radius 1 is 1.24 bits per heavy atom. The number of nitrogens with two attached hydrogens (primary N) is 1. The molecule has 0 spiro atoms. The molecule has 1 unspecified atom stereocenters. The Balaban J connectivity index is 2.38. The van der Waals surface area contributed by atoms with Crippen LogP contribution in [0.1, 0.15) is 24.5 Å². The first kappa shape index (κ1) is 16.3. The number of sulfonamides is 1. The molecule has 0 amide bonds. The number of sulfone groups is 1. The quantitative estimate of drug-likeness (QED) is 0.794. The largest absolute Gasteiger partial charge is 0.398 e. The Labute approximate surface area is 125 Å². The molecule has 3 N–H and O–H groups in total. The molecule has 1 atom stereocenters. The van der Waals surface area contributed by atoms with Gasteiger partial charge in [-0.25, -0.2) is 21.6 Å². The van der Waals surface area contributed by atoms with Crippen LogP contribution in [-0.2, 0) is 19.9 Å². The van der Waals surface area contributed by atoms with Gasteiger partial charge in [0.15, 0.2) is 9.84 Å². The van der Waals surface area contributed by atoms with Crippen LogP contribution < -0.4 is 10.5 Å². The number of rotatable bonds is 3. The van der Waals surface area contributed by atoms with E-state index >= 15 is 0 Å². The van der Waals surface area contributed by atoms with Crippen molar-refractivity contribution in [3.05, 3.63) is 23.3 Å². The van der Waals surface area contributed by atoms with Crippen LogP contribution in [0, 0.1) is 13.8 Å². The summed E-state index contributed by atoms with van der Waals surface area (Å²) in [5.74, 6) is -0.196. The van der Waals surface area contributed by atoms with Crippen LogP contribution in [0.25, 0.3) is 0 Å². The summed E-state index contributed by atoms with van der Waals surface area (Å²) in [6, 6.07) is 3.12. The van der Waals surface area contributed by atoms with Crippen LogP contribution in [0.5, 0.6) is 0 Å². The maximum atomic E-state index is 12.5. The maximum absolute atomic E-state index is 12.5. The van der Waals surface area contributed by atoms with E-state index < -0.39 is 25.4 Å². The Morgan fingerprint density at radius 3 is 2.33 bits per heavy atom. The first-order chi connectivity index (χ1) is 9.44. The van der Waals surface area contributed by atoms with Gasteiger partial charge in [-0.3, -0.25) is 0 Å². The molecule has 2 rings (SSSR count). The lowest BCUT2D eigenvalue weighted by atomic mass is 10.0. The van der Waals surface area contributed by atoms with Crippen LogP contribution >= 0.6 is 0 Å². The Kier molecular flexibility index (Phi) is 3.84. The highest BCUT2D eigenvalue weighted by atomic mass is 32.2. The Bertz CT molecular complexity index is 785. The van der Waals surface area contributed by atoms with E-state index in [0.717, 1.165) is 11.1 Å². The maximum Gasteiger partial charge on any atom is 0.243 e. The molecule has 1 aromatic rings. The first-order valence-corrected chi connectivity index (χ1v) is 9.86. The summed E-state index contributed by atoms with van der Waals surface area (Å²) in [6.45, 7) is 5.25. The standard InChI is InChI=1S/C13H20N2O4S2/c1-9-6-11(14)12(7-10(9)2)21(18,19)15-13(3)4-5-20(16,17)8-13/h6-7,15H,4-5,8,14H2,1-3H3. The minimum atomic E-state index is -3.86. The molecule has 8 heteroatoms. The van der Waals surface area contributed by atoms with Crippen molar-refractivity contribution < 1.29 is 16.8 Å². The van der Waals surface area contributed by atoms with E-state index in [1.165, 1.54) is 6.07 Å². The molecule has 1 heterocycles. The zero-order valence-corrected chi connectivity index (χ0v) is 13.9. The minimum Gasteiger partial charge on any atom is -0.398 e. The average molecular weight is 332 g/mol. The van der Waals surface area contributed by atoms with Gasteiger partial charge < -0.3 is 5.73 Å². The van der Waals surface area contributed by atoms with E-state index in [1.54, 1.807) is 19.9 Å². The van der Waals surface area contributed by atoms with E-state index in [0.29, 0.717) is 0 Å². The highest BCUT2D eigenvalue weighted by Crippen LogP contribution is 2.28. The first-order valence-electron chi connectivity index (χ1n) is 6.55. The van der Waals surface area contributed by atoms with Gasteiger partial charge in [-0.2, -0.15) is 0 Å². The summed E-state index contributed by atoms with van der Waals surface area (Å²) in [6.07, 6.45) is 0.263. The fourth-order valence-electron chi connectivity index (χ4n) is 2.52. The Hall–Kier alpha value is -1.12. The highest BCUT2D eigenvalue weighted by Gasteiger charge is 2.41. The third kappa shape index (κ3) is 3.38. The van der Waals surface area contributed by atoms with Crippen molar-refractivity contribution in [1.29, 1.82) is 0 Å². The van der Waals surface area contributed by atoms with Crippen molar-refractivity contribution >= 4 is 25.5 Å². The zero-order chi connectivity index (χ0) is 16.1. The van der Waals surface area contributed by atoms with Gasteiger partial charge in [0.25, 0.3) is 0 Å². The molecule has 1 saturated heterocycles. The molecule has 1 aromatic carbocycles. The zero-order valence-electron chi connectivity index (χ0n) is 12.3. The van der Waals surface area contributed by atoms with Crippen molar-refractivity contribution in [2.75, 3.05) is 17.2 Å². The summed E-state index contributed by atoms with van der Waals surface area (Å²) in [7, 11) is -7.05. The predicted molar refractivity (Wildman–Crippen MR) is 82.3 cm³/mol. The summed E-state index contributed by atoms with van der Waals surface area (Å²) < 4.78 is 50.7. The second kappa shape index (κ2) is 4.96. The lowest BCUT2D eigenvalue weighted by Gasteiger charge is -2.24. The third-order valence-corrected chi connectivity index (χ3v) is 7.40. The fraction of sp³-hybridized carbons (Fsp3) is 0.538. The van der Waals surface area contributed by atoms with Crippen LogP contribution in [0.3, 0.4) is 0 Å². The van der Waals surface area contributed by atoms with Crippen molar-refractivity contribution in [2.45, 2.75) is 37.6 Å². The van der Waals surface area contributed by atoms with Crippen LogP contribution in [0.4, 0.5) is 5.69 Å². The monoisotopic (exact) mass is 332 g/mol. The SMILES string of the molecule is Cc1cc(N)c(S(=O)(=O)NC2(C)CCS(=O)(=O)C2)cc1C. The second-order valence-corrected chi connectivity index (χ2v) is 9.82. The van der Waals surface area contributed by atoms with Gasteiger partial charge in [-0.1, -0.05) is 0 Å². The van der Waals surface area contributed by atoms with Gasteiger partial charge in [0, 0.05) is 5.54 Å². The molecule has 0 aliphatic carbocycles. The molecule has 21 heavy (non-hydrogen) atoms. The molecular formula is C13H20N2O4S2. The average Bonchev–Trinajstić information content (AvgIpc) is 2.56. The number of anilines is 1. The smallest absolute Gasteiger partial charge is 0.243 e. The molecular weight excluding hydrogens is 312 g/mol. The molecule has 118 valence electrons. The van der Waals surface area contributed by atoms with Crippen LogP contribution in [0.2, 0.25) is 0 Å². The molecule has 1 aliphatic heterocycles. The molecule has 0 radical (unpaired) electrons. The summed E-state index contributed by atoms with van der Waals surface area (Å²) in [5, 5.41) is 0. The number of nitrogens with one attached hydrogen (secondary N) is 1. The van der Waals surface area contributed by atoms with E-state index in [4.69, 9.17) is 5.73 Å². The van der Waals surface area contributed by atoms with E-state index in [-0.39, 0.29) is 28.5 Å². The normalized spacial score (nSPS) is 25.1. The number of nitrogen functional groups attached to an aromatic ring is 1. The molecule has 0 saturated carbocycles. The number of hydrogen-bond acceptors (Lipinski definition) is 5. The van der Waals surface area contributed by atoms with Crippen molar-refractivity contribution in [2.24, 2.45) is 0 Å². The topological polar surface area (TPSA) is 106 Å². The second-order valence-electron chi connectivity index (χ2n) is 5.98. The number of benzene rings is 1. The van der Waals surface area contributed by atoms with Gasteiger partial charge in [0.2, 0.25) is 10.0 Å². The molecule has 1 aliphatic rings. The molecule has 0 bridgehead atoms. The number of hydrogen-bond donors (Lipinski definition) is 2. The van der Waals surface area contributed by atoms with Crippen molar-refractivity contribution in [1.82, 2.24) is 4.72 Å². The van der Waals surface area contributed by atoms with E-state index in [2.05, 4.69) is 4.72 Å². The van der Waals surface area contributed by atoms with Crippen LogP contribution in [-0.4, -0.2) is 33.9 Å². The van der Waals surface area contributed by atoms with Gasteiger partial charge in [0.1, 0.15) is 4.90 Å². The van der Waals surface area contributed by atoms with E-state index in [1.807, 2.05) is 6.92 Å². The molecule has 6 nitrogen and oxygen atoms in total. The lowest BCUT2D eigenvalue weighted by Crippen LogP contribution is -2.46. The highest BCUT2D eigenvalue weighted by molar-refractivity contribution is 7.92. The Morgan fingerprint density at radius 2 is 1.81 bits per heavy atom. The van der Waals surface area contributed by atoms with Crippen LogP contribution in [0.15, 0.2) is 17.0 Å². The fourth-order valence-corrected chi connectivity index (χ4v) is 6.33. The molecule has 1 fully saturated rings. The summed E-state index contributed by atoms with van der Waals surface area (Å²) in [4.78, 5) is -0.00359. The van der Waals surface area contributed by atoms with E-state index in [9.17, 15) is 16.8 Å². The van der Waals surface area contributed by atoms with Gasteiger partial charge in [-0.15, -0.1) is 0 Å². The lowest BCUT2D eigenvalue weighted by molar-refractivity contribution is 0.462. The summed E-state index contributed by atoms with van der Waals surface area (Å²) >= 11 is 0. The molecule has 0 aromatic heterocycles.